The van der Waals surface area contributed by atoms with E-state index < -0.39 is 11.6 Å². The molecular weight excluding hydrogens is 194 g/mol. The highest BCUT2D eigenvalue weighted by Gasteiger charge is 2.29. The van der Waals surface area contributed by atoms with Gasteiger partial charge in [-0.3, -0.25) is 4.79 Å². The van der Waals surface area contributed by atoms with Crippen LogP contribution in [-0.2, 0) is 4.79 Å². The van der Waals surface area contributed by atoms with Crippen molar-refractivity contribution < 1.29 is 15.0 Å². The van der Waals surface area contributed by atoms with Crippen molar-refractivity contribution in [2.45, 2.75) is 51.2 Å². The van der Waals surface area contributed by atoms with Crippen molar-refractivity contribution in [3.05, 3.63) is 0 Å². The lowest BCUT2D eigenvalue weighted by Crippen LogP contribution is -2.46. The van der Waals surface area contributed by atoms with Crippen molar-refractivity contribution in [3.63, 3.8) is 0 Å². The molecule has 0 aromatic rings. The first-order valence-corrected chi connectivity index (χ1v) is 5.59. The van der Waals surface area contributed by atoms with Crippen LogP contribution >= 0.6 is 0 Å². The van der Waals surface area contributed by atoms with E-state index in [4.69, 9.17) is 5.11 Å². The highest BCUT2D eigenvalue weighted by atomic mass is 16.4. The Morgan fingerprint density at radius 2 is 2.00 bits per heavy atom. The molecule has 1 aliphatic rings. The average Bonchev–Trinajstić information content (AvgIpc) is 2.14. The van der Waals surface area contributed by atoms with Crippen molar-refractivity contribution in [3.8, 4) is 0 Å². The van der Waals surface area contributed by atoms with Crippen LogP contribution in [-0.4, -0.2) is 45.8 Å². The van der Waals surface area contributed by atoms with Gasteiger partial charge in [-0.25, -0.2) is 0 Å². The fraction of sp³-hybridized carbons (Fsp3) is 0.909. The Hall–Kier alpha value is -0.610. The summed E-state index contributed by atoms with van der Waals surface area (Å²) in [7, 11) is 0. The first-order valence-electron chi connectivity index (χ1n) is 5.59. The van der Waals surface area contributed by atoms with Crippen LogP contribution < -0.4 is 0 Å². The number of piperidine rings is 1. The maximum absolute atomic E-state index is 10.4. The molecule has 0 saturated carbocycles. The molecule has 0 spiro atoms. The second-order valence-electron chi connectivity index (χ2n) is 4.81. The van der Waals surface area contributed by atoms with E-state index in [1.54, 1.807) is 0 Å². The third-order valence-corrected chi connectivity index (χ3v) is 3.27. The van der Waals surface area contributed by atoms with Crippen LogP contribution in [0.2, 0.25) is 0 Å². The van der Waals surface area contributed by atoms with Crippen molar-refractivity contribution >= 4 is 5.97 Å². The molecule has 0 aliphatic carbocycles. The van der Waals surface area contributed by atoms with Crippen LogP contribution in [0.3, 0.4) is 0 Å². The Balaban J connectivity index is 2.30. The zero-order valence-electron chi connectivity index (χ0n) is 9.57. The number of aliphatic carboxylic acids is 1. The summed E-state index contributed by atoms with van der Waals surface area (Å²) < 4.78 is 0. The zero-order chi connectivity index (χ0) is 11.5. The Morgan fingerprint density at radius 1 is 1.47 bits per heavy atom. The fourth-order valence-electron chi connectivity index (χ4n) is 1.96. The summed E-state index contributed by atoms with van der Waals surface area (Å²) >= 11 is 0. The quantitative estimate of drug-likeness (QED) is 0.737. The number of carboxylic acids is 1. The lowest BCUT2D eigenvalue weighted by atomic mass is 9.92. The summed E-state index contributed by atoms with van der Waals surface area (Å²) in [5.74, 6) is -0.731. The monoisotopic (exact) mass is 215 g/mol. The van der Waals surface area contributed by atoms with Gasteiger partial charge in [-0.2, -0.15) is 0 Å². The SMILES string of the molecule is CC(CCC(=O)O)N1CCC(C)(O)CC1. The van der Waals surface area contributed by atoms with Gasteiger partial charge < -0.3 is 15.1 Å². The molecule has 1 atom stereocenters. The molecule has 15 heavy (non-hydrogen) atoms. The third kappa shape index (κ3) is 4.18. The number of rotatable bonds is 4. The Labute approximate surface area is 90.9 Å². The first-order chi connectivity index (χ1) is 6.91. The lowest BCUT2D eigenvalue weighted by Gasteiger charge is -2.39. The number of hydrogen-bond acceptors (Lipinski definition) is 3. The standard InChI is InChI=1S/C11H21NO3/c1-9(3-4-10(13)14)12-7-5-11(2,15)6-8-12/h9,15H,3-8H2,1-2H3,(H,13,14). The summed E-state index contributed by atoms with van der Waals surface area (Å²) in [5, 5.41) is 18.4. The number of carboxylic acid groups (broad SMARTS) is 1. The number of hydrogen-bond donors (Lipinski definition) is 2. The molecule has 0 amide bonds. The molecule has 0 aromatic carbocycles. The summed E-state index contributed by atoms with van der Waals surface area (Å²) in [5.41, 5.74) is -0.525. The largest absolute Gasteiger partial charge is 0.481 e. The first kappa shape index (κ1) is 12.5. The minimum Gasteiger partial charge on any atom is -0.481 e. The maximum Gasteiger partial charge on any atom is 0.303 e. The Kier molecular flexibility index (Phi) is 4.11. The van der Waals surface area contributed by atoms with Gasteiger partial charge in [0, 0.05) is 25.6 Å². The van der Waals surface area contributed by atoms with Gasteiger partial charge in [-0.05, 0) is 33.1 Å². The summed E-state index contributed by atoms with van der Waals surface area (Å²) in [6, 6.07) is 0.303. The molecule has 1 fully saturated rings. The molecule has 0 radical (unpaired) electrons. The van der Waals surface area contributed by atoms with Crippen LogP contribution in [0.25, 0.3) is 0 Å². The van der Waals surface area contributed by atoms with Crippen molar-refractivity contribution in [2.24, 2.45) is 0 Å². The van der Waals surface area contributed by atoms with Gasteiger partial charge in [0.05, 0.1) is 5.60 Å². The summed E-state index contributed by atoms with van der Waals surface area (Å²) in [6.45, 7) is 5.66. The molecule has 1 rings (SSSR count). The van der Waals surface area contributed by atoms with Gasteiger partial charge in [0.1, 0.15) is 0 Å². The van der Waals surface area contributed by atoms with E-state index in [9.17, 15) is 9.90 Å². The molecule has 4 heteroatoms. The second kappa shape index (κ2) is 4.94. The highest BCUT2D eigenvalue weighted by molar-refractivity contribution is 5.66. The predicted molar refractivity (Wildman–Crippen MR) is 57.8 cm³/mol. The second-order valence-corrected chi connectivity index (χ2v) is 4.81. The van der Waals surface area contributed by atoms with Gasteiger partial charge in [-0.1, -0.05) is 0 Å². The Bertz CT molecular complexity index is 218. The number of likely N-dealkylation sites (tertiary alicyclic amines) is 1. The van der Waals surface area contributed by atoms with Crippen molar-refractivity contribution in [2.75, 3.05) is 13.1 Å². The van der Waals surface area contributed by atoms with Crippen molar-refractivity contribution in [1.82, 2.24) is 4.90 Å². The van der Waals surface area contributed by atoms with Crippen LogP contribution in [0.5, 0.6) is 0 Å². The molecule has 4 nitrogen and oxygen atoms in total. The van der Waals surface area contributed by atoms with Gasteiger partial charge >= 0.3 is 5.97 Å². The molecule has 1 saturated heterocycles. The van der Waals surface area contributed by atoms with E-state index >= 15 is 0 Å². The van der Waals surface area contributed by atoms with Gasteiger partial charge in [0.2, 0.25) is 0 Å². The maximum atomic E-state index is 10.4. The minimum atomic E-state index is -0.731. The summed E-state index contributed by atoms with van der Waals surface area (Å²) in [4.78, 5) is 12.7. The van der Waals surface area contributed by atoms with E-state index in [-0.39, 0.29) is 6.42 Å². The fourth-order valence-corrected chi connectivity index (χ4v) is 1.96. The summed E-state index contributed by atoms with van der Waals surface area (Å²) in [6.07, 6.45) is 2.49. The van der Waals surface area contributed by atoms with Crippen molar-refractivity contribution in [1.29, 1.82) is 0 Å². The number of carbonyl (C=O) groups is 1. The topological polar surface area (TPSA) is 60.8 Å². The molecule has 1 unspecified atom stereocenters. The zero-order valence-corrected chi connectivity index (χ0v) is 9.57. The predicted octanol–water partition coefficient (Wildman–Crippen LogP) is 1.09. The molecule has 88 valence electrons. The molecule has 2 N–H and O–H groups in total. The molecule has 0 aromatic heterocycles. The van der Waals surface area contributed by atoms with Crippen LogP contribution in [0.4, 0.5) is 0 Å². The van der Waals surface area contributed by atoms with E-state index in [0.29, 0.717) is 12.5 Å². The van der Waals surface area contributed by atoms with Crippen LogP contribution in [0.1, 0.15) is 39.5 Å². The van der Waals surface area contributed by atoms with E-state index in [2.05, 4.69) is 11.8 Å². The van der Waals surface area contributed by atoms with Gasteiger partial charge in [-0.15, -0.1) is 0 Å². The normalized spacial score (nSPS) is 23.7. The van der Waals surface area contributed by atoms with Crippen LogP contribution in [0.15, 0.2) is 0 Å². The minimum absolute atomic E-state index is 0.230. The smallest absolute Gasteiger partial charge is 0.303 e. The molecule has 0 bridgehead atoms. The molecular formula is C11H21NO3. The third-order valence-electron chi connectivity index (χ3n) is 3.27. The number of aliphatic hydroxyl groups is 1. The van der Waals surface area contributed by atoms with Gasteiger partial charge in [0.15, 0.2) is 0 Å². The van der Waals surface area contributed by atoms with Gasteiger partial charge in [0.25, 0.3) is 0 Å². The molecule has 1 aliphatic heterocycles. The van der Waals surface area contributed by atoms with Crippen LogP contribution in [0, 0.1) is 0 Å². The highest BCUT2D eigenvalue weighted by Crippen LogP contribution is 2.23. The Morgan fingerprint density at radius 3 is 2.47 bits per heavy atom. The lowest BCUT2D eigenvalue weighted by molar-refractivity contribution is -0.137. The average molecular weight is 215 g/mol. The van der Waals surface area contributed by atoms with E-state index in [1.807, 2.05) is 6.92 Å². The molecule has 1 heterocycles. The van der Waals surface area contributed by atoms with E-state index in [0.717, 1.165) is 25.9 Å². The number of nitrogens with zero attached hydrogens (tertiary/aromatic N) is 1. The van der Waals surface area contributed by atoms with E-state index in [1.165, 1.54) is 0 Å².